The van der Waals surface area contributed by atoms with Crippen molar-refractivity contribution >= 4 is 17.5 Å². The predicted octanol–water partition coefficient (Wildman–Crippen LogP) is -0.447. The van der Waals surface area contributed by atoms with Gasteiger partial charge in [-0.3, -0.25) is 15.0 Å². The fraction of sp³-hybridized carbons (Fsp3) is 0.556. The molecule has 1 rings (SSSR count). The van der Waals surface area contributed by atoms with Crippen molar-refractivity contribution in [1.29, 1.82) is 5.26 Å². The van der Waals surface area contributed by atoms with Crippen LogP contribution in [0.15, 0.2) is 5.16 Å². The number of nitriles is 1. The molecule has 1 aliphatic heterocycles. The van der Waals surface area contributed by atoms with Crippen molar-refractivity contribution in [2.45, 2.75) is 32.9 Å². The Morgan fingerprint density at radius 3 is 2.75 bits per heavy atom. The molecule has 0 saturated carbocycles. The van der Waals surface area contributed by atoms with E-state index in [1.165, 1.54) is 6.92 Å². The fourth-order valence-corrected chi connectivity index (χ4v) is 1.07. The van der Waals surface area contributed by atoms with Crippen molar-refractivity contribution in [1.82, 2.24) is 10.4 Å². The zero-order valence-corrected chi connectivity index (χ0v) is 9.22. The minimum atomic E-state index is -0.879. The molecule has 1 saturated heterocycles. The quantitative estimate of drug-likeness (QED) is 0.519. The highest BCUT2D eigenvalue weighted by atomic mass is 16.6. The van der Waals surface area contributed by atoms with Crippen LogP contribution in [0, 0.1) is 11.3 Å². The molecular formula is C9H12N4O3. The van der Waals surface area contributed by atoms with Crippen LogP contribution in [0.2, 0.25) is 0 Å². The second-order valence-electron chi connectivity index (χ2n) is 3.51. The Balaban J connectivity index is 2.71. The molecule has 0 aromatic rings. The lowest BCUT2D eigenvalue weighted by molar-refractivity contribution is -0.140. The molecule has 0 aliphatic carbocycles. The highest BCUT2D eigenvalue weighted by Crippen LogP contribution is 2.14. The first-order valence-corrected chi connectivity index (χ1v) is 4.71. The molecule has 0 aromatic carbocycles. The minimum Gasteiger partial charge on any atom is -0.393 e. The molecule has 1 unspecified atom stereocenters. The predicted molar refractivity (Wildman–Crippen MR) is 53.7 cm³/mol. The van der Waals surface area contributed by atoms with Crippen molar-refractivity contribution in [2.24, 2.45) is 5.16 Å². The van der Waals surface area contributed by atoms with Gasteiger partial charge in [-0.25, -0.2) is 5.01 Å². The maximum atomic E-state index is 11.4. The van der Waals surface area contributed by atoms with Crippen LogP contribution in [-0.2, 0) is 14.4 Å². The topological polar surface area (TPSA) is 94.8 Å². The third-order valence-corrected chi connectivity index (χ3v) is 1.72. The first-order valence-electron chi connectivity index (χ1n) is 4.71. The monoisotopic (exact) mass is 224 g/mol. The summed E-state index contributed by atoms with van der Waals surface area (Å²) >= 11 is 0. The van der Waals surface area contributed by atoms with Gasteiger partial charge in [0.25, 0.3) is 5.91 Å². The molecule has 0 radical (unpaired) electrons. The van der Waals surface area contributed by atoms with E-state index in [0.717, 1.165) is 5.01 Å². The Morgan fingerprint density at radius 2 is 2.31 bits per heavy atom. The highest BCUT2D eigenvalue weighted by molar-refractivity contribution is 6.47. The standard InChI is InChI=1S/C9H12N4O3/c1-5(2)16-12-8-7(4-10)13(9(8)15)11-6(3)14/h5,7H,1-3H3,(H,11,14). The largest absolute Gasteiger partial charge is 0.393 e. The number of nitrogens with zero attached hydrogens (tertiary/aromatic N) is 3. The van der Waals surface area contributed by atoms with Crippen LogP contribution in [0.3, 0.4) is 0 Å². The molecule has 2 amide bonds. The van der Waals surface area contributed by atoms with Crippen LogP contribution in [0.5, 0.6) is 0 Å². The second-order valence-corrected chi connectivity index (χ2v) is 3.51. The van der Waals surface area contributed by atoms with Crippen LogP contribution >= 0.6 is 0 Å². The Labute approximate surface area is 92.6 Å². The molecule has 0 aromatic heterocycles. The molecule has 7 heteroatoms. The summed E-state index contributed by atoms with van der Waals surface area (Å²) in [6, 6.07) is 0.961. The molecule has 1 atom stereocenters. The number of hydrogen-bond acceptors (Lipinski definition) is 5. The van der Waals surface area contributed by atoms with Crippen molar-refractivity contribution in [3.8, 4) is 6.07 Å². The van der Waals surface area contributed by atoms with Gasteiger partial charge >= 0.3 is 0 Å². The minimum absolute atomic E-state index is 0.00458. The zero-order valence-electron chi connectivity index (χ0n) is 9.22. The number of carbonyl (C=O) groups is 2. The van der Waals surface area contributed by atoms with E-state index in [9.17, 15) is 9.59 Å². The van der Waals surface area contributed by atoms with Gasteiger partial charge in [-0.2, -0.15) is 5.26 Å². The lowest BCUT2D eigenvalue weighted by Gasteiger charge is -2.35. The van der Waals surface area contributed by atoms with Gasteiger partial charge in [0.05, 0.1) is 6.07 Å². The Kier molecular flexibility index (Phi) is 3.45. The number of β-lactam (4-membered cyclic amide) rings is 1. The summed E-state index contributed by atoms with van der Waals surface area (Å²) in [5.41, 5.74) is 2.24. The molecular weight excluding hydrogens is 212 g/mol. The first kappa shape index (κ1) is 12.0. The van der Waals surface area contributed by atoms with Gasteiger partial charge in [0.1, 0.15) is 6.10 Å². The average Bonchev–Trinajstić information content (AvgIpc) is 2.20. The summed E-state index contributed by atoms with van der Waals surface area (Å²) in [5, 5.41) is 13.3. The second kappa shape index (κ2) is 4.61. The van der Waals surface area contributed by atoms with Gasteiger partial charge in [-0.1, -0.05) is 5.16 Å². The smallest absolute Gasteiger partial charge is 0.295 e. The molecule has 86 valence electrons. The van der Waals surface area contributed by atoms with Gasteiger partial charge in [0.2, 0.25) is 5.91 Å². The van der Waals surface area contributed by atoms with Crippen LogP contribution in [-0.4, -0.2) is 34.7 Å². The summed E-state index contributed by atoms with van der Waals surface area (Å²) in [4.78, 5) is 27.0. The molecule has 1 fully saturated rings. The number of amides is 2. The summed E-state index contributed by atoms with van der Waals surface area (Å²) in [6.07, 6.45) is -0.172. The van der Waals surface area contributed by atoms with E-state index in [2.05, 4.69) is 10.6 Å². The van der Waals surface area contributed by atoms with Crippen molar-refractivity contribution < 1.29 is 14.4 Å². The molecule has 16 heavy (non-hydrogen) atoms. The van der Waals surface area contributed by atoms with Gasteiger partial charge in [0.15, 0.2) is 11.8 Å². The van der Waals surface area contributed by atoms with E-state index in [1.807, 2.05) is 6.07 Å². The van der Waals surface area contributed by atoms with Gasteiger partial charge in [-0.05, 0) is 13.8 Å². The molecule has 1 aliphatic rings. The highest BCUT2D eigenvalue weighted by Gasteiger charge is 2.46. The zero-order chi connectivity index (χ0) is 12.3. The summed E-state index contributed by atoms with van der Waals surface area (Å²) in [5.74, 6) is -0.945. The lowest BCUT2D eigenvalue weighted by Crippen LogP contribution is -2.67. The maximum absolute atomic E-state index is 11.4. The normalized spacial score (nSPS) is 21.7. The van der Waals surface area contributed by atoms with Gasteiger partial charge < -0.3 is 4.84 Å². The number of hydrogen-bond donors (Lipinski definition) is 1. The first-order chi connectivity index (χ1) is 7.47. The Bertz CT molecular complexity index is 383. The lowest BCUT2D eigenvalue weighted by atomic mass is 10.0. The maximum Gasteiger partial charge on any atom is 0.295 e. The van der Waals surface area contributed by atoms with Crippen molar-refractivity contribution in [3.05, 3.63) is 0 Å². The third kappa shape index (κ3) is 2.28. The van der Waals surface area contributed by atoms with E-state index >= 15 is 0 Å². The number of rotatable bonds is 3. The number of hydrazine groups is 1. The SMILES string of the molecule is CC(=O)NN1C(=O)C(=NOC(C)C)C1C#N. The van der Waals surface area contributed by atoms with E-state index in [1.54, 1.807) is 13.8 Å². The van der Waals surface area contributed by atoms with E-state index in [-0.39, 0.29) is 11.8 Å². The fourth-order valence-electron chi connectivity index (χ4n) is 1.07. The Morgan fingerprint density at radius 1 is 1.69 bits per heavy atom. The Hall–Kier alpha value is -2.10. The molecule has 0 bridgehead atoms. The van der Waals surface area contributed by atoms with Crippen LogP contribution < -0.4 is 5.43 Å². The molecule has 1 N–H and O–H groups in total. The summed E-state index contributed by atoms with van der Waals surface area (Å²) in [7, 11) is 0. The summed E-state index contributed by atoms with van der Waals surface area (Å²) in [6.45, 7) is 4.75. The van der Waals surface area contributed by atoms with Gasteiger partial charge in [-0.15, -0.1) is 0 Å². The third-order valence-electron chi connectivity index (χ3n) is 1.72. The number of oxime groups is 1. The van der Waals surface area contributed by atoms with E-state index in [4.69, 9.17) is 10.1 Å². The van der Waals surface area contributed by atoms with Crippen molar-refractivity contribution in [2.75, 3.05) is 0 Å². The van der Waals surface area contributed by atoms with Crippen LogP contribution in [0.4, 0.5) is 0 Å². The summed E-state index contributed by atoms with van der Waals surface area (Å²) < 4.78 is 0. The molecule has 1 heterocycles. The molecule has 0 spiro atoms. The van der Waals surface area contributed by atoms with Crippen molar-refractivity contribution in [3.63, 3.8) is 0 Å². The van der Waals surface area contributed by atoms with E-state index < -0.39 is 17.9 Å². The van der Waals surface area contributed by atoms with E-state index in [0.29, 0.717) is 0 Å². The van der Waals surface area contributed by atoms with Gasteiger partial charge in [0, 0.05) is 6.92 Å². The average molecular weight is 224 g/mol. The van der Waals surface area contributed by atoms with Crippen LogP contribution in [0.1, 0.15) is 20.8 Å². The van der Waals surface area contributed by atoms with Crippen LogP contribution in [0.25, 0.3) is 0 Å². The number of nitrogens with one attached hydrogen (secondary N) is 1. The molecule has 7 nitrogen and oxygen atoms in total. The number of carbonyl (C=O) groups excluding carboxylic acids is 2.